The third-order valence-electron chi connectivity index (χ3n) is 3.04. The van der Waals surface area contributed by atoms with Gasteiger partial charge in [0.05, 0.1) is 23.6 Å². The minimum Gasteiger partial charge on any atom is -0.461 e. The third-order valence-corrected chi connectivity index (χ3v) is 4.83. The van der Waals surface area contributed by atoms with E-state index < -0.39 is 54.8 Å². The second-order valence-corrected chi connectivity index (χ2v) is 7.67. The van der Waals surface area contributed by atoms with Gasteiger partial charge in [0, 0.05) is 0 Å². The fourth-order valence-corrected chi connectivity index (χ4v) is 3.17. The van der Waals surface area contributed by atoms with Crippen molar-refractivity contribution in [3.8, 4) is 0 Å². The fourth-order valence-electron chi connectivity index (χ4n) is 2.00. The molecule has 1 aromatic carbocycles. The molecule has 11 nitrogen and oxygen atoms in total. The predicted octanol–water partition coefficient (Wildman–Crippen LogP) is 1.17. The molecule has 1 aliphatic rings. The number of benzene rings is 1. The Morgan fingerprint density at radius 3 is 2.44 bits per heavy atom. The first-order chi connectivity index (χ1) is 11.4. The molecule has 1 amide bonds. The summed E-state index contributed by atoms with van der Waals surface area (Å²) in [5.41, 5.74) is -0.854. The van der Waals surface area contributed by atoms with Crippen molar-refractivity contribution in [3.05, 3.63) is 18.2 Å². The summed E-state index contributed by atoms with van der Waals surface area (Å²) in [6.07, 6.45) is -0.483. The van der Waals surface area contributed by atoms with Crippen LogP contribution in [0.3, 0.4) is 0 Å². The maximum Gasteiger partial charge on any atom is 0.355 e. The summed E-state index contributed by atoms with van der Waals surface area (Å²) in [6, 6.07) is 2.36. The van der Waals surface area contributed by atoms with Crippen molar-refractivity contribution in [2.75, 3.05) is 11.6 Å². The zero-order valence-electron chi connectivity index (χ0n) is 12.7. The molecule has 0 saturated carbocycles. The van der Waals surface area contributed by atoms with E-state index in [1.165, 1.54) is 0 Å². The van der Waals surface area contributed by atoms with E-state index in [0.29, 0.717) is 5.01 Å². The second-order valence-electron chi connectivity index (χ2n) is 4.77. The van der Waals surface area contributed by atoms with Crippen molar-refractivity contribution in [2.45, 2.75) is 23.1 Å². The van der Waals surface area contributed by atoms with E-state index in [9.17, 15) is 36.2 Å². The molecule has 0 unspecified atom stereocenters. The lowest BCUT2D eigenvalue weighted by Gasteiger charge is -2.22. The number of nitrogens with zero attached hydrogens (tertiary/aromatic N) is 2. The molecule has 4 N–H and O–H groups in total. The monoisotopic (exact) mass is 394 g/mol. The van der Waals surface area contributed by atoms with Gasteiger partial charge in [0.25, 0.3) is 16.0 Å². The average molecular weight is 394 g/mol. The number of hydrazone groups is 1. The molecule has 0 aromatic heterocycles. The van der Waals surface area contributed by atoms with Crippen molar-refractivity contribution in [1.29, 1.82) is 0 Å². The number of amides is 1. The highest BCUT2D eigenvalue weighted by Gasteiger charge is 2.34. The Kier molecular flexibility index (Phi) is 5.17. The molecule has 0 aliphatic carbocycles. The number of hydrogen-bond donors (Lipinski definition) is 4. The van der Waals surface area contributed by atoms with E-state index in [0.717, 1.165) is 18.2 Å². The Balaban J connectivity index is 2.59. The van der Waals surface area contributed by atoms with Gasteiger partial charge in [0.15, 0.2) is 5.71 Å². The lowest BCUT2D eigenvalue weighted by atomic mass is 10.2. The molecule has 0 atom stereocenters. The number of carbonyl (C=O) groups excluding carboxylic acids is 2. The summed E-state index contributed by atoms with van der Waals surface area (Å²) in [6.45, 7) is 1.57. The highest BCUT2D eigenvalue weighted by Crippen LogP contribution is 2.46. The summed E-state index contributed by atoms with van der Waals surface area (Å²) < 4.78 is 64.9. The van der Waals surface area contributed by atoms with Crippen molar-refractivity contribution in [3.63, 3.8) is 0 Å². The van der Waals surface area contributed by atoms with Crippen LogP contribution in [0.2, 0.25) is 0 Å². The summed E-state index contributed by atoms with van der Waals surface area (Å²) in [5, 5.41) is 4.17. The van der Waals surface area contributed by atoms with E-state index in [4.69, 9.17) is 4.74 Å². The molecule has 25 heavy (non-hydrogen) atoms. The molecule has 1 aromatic rings. The highest BCUT2D eigenvalue weighted by atomic mass is 32.3. The molecular formula is C12H14N2O9S2. The molecule has 2 rings (SSSR count). The molecule has 0 radical (unpaired) electrons. The Morgan fingerprint density at radius 1 is 1.28 bits per heavy atom. The molecule has 13 heteroatoms. The van der Waals surface area contributed by atoms with Gasteiger partial charge in [-0.25, -0.2) is 4.79 Å². The summed E-state index contributed by atoms with van der Waals surface area (Å²) in [4.78, 5) is 22.5. The first-order valence-electron chi connectivity index (χ1n) is 6.65. The SMILES string of the molecule is CCOC(=O)C1=NN(c2cc(S(O)(O)O)ccc2S(=O)(=O)O)C(=O)C1. The minimum absolute atomic E-state index is 0.0310. The van der Waals surface area contributed by atoms with Gasteiger partial charge >= 0.3 is 5.97 Å². The van der Waals surface area contributed by atoms with Gasteiger partial charge in [0.2, 0.25) is 0 Å². The molecule has 138 valence electrons. The molecule has 1 heterocycles. The first-order valence-corrected chi connectivity index (χ1v) is 9.59. The van der Waals surface area contributed by atoms with Crippen LogP contribution >= 0.6 is 10.9 Å². The summed E-state index contributed by atoms with van der Waals surface area (Å²) in [5.74, 6) is -1.70. The molecule has 0 saturated heterocycles. The first kappa shape index (κ1) is 19.3. The van der Waals surface area contributed by atoms with Crippen LogP contribution in [0, 0.1) is 0 Å². The number of hydrogen-bond acceptors (Lipinski definition) is 9. The van der Waals surface area contributed by atoms with Crippen LogP contribution in [0.5, 0.6) is 0 Å². The Hall–Kier alpha value is -2.03. The van der Waals surface area contributed by atoms with Gasteiger partial charge in [-0.2, -0.15) is 18.5 Å². The van der Waals surface area contributed by atoms with E-state index in [2.05, 4.69) is 5.10 Å². The van der Waals surface area contributed by atoms with Gasteiger partial charge in [-0.3, -0.25) is 9.35 Å². The molecule has 0 bridgehead atoms. The Morgan fingerprint density at radius 2 is 1.92 bits per heavy atom. The number of ether oxygens (including phenoxy) is 1. The van der Waals surface area contributed by atoms with Crippen molar-refractivity contribution >= 4 is 44.3 Å². The Labute approximate surface area is 143 Å². The zero-order chi connectivity index (χ0) is 19.0. The molecule has 0 fully saturated rings. The van der Waals surface area contributed by atoms with E-state index >= 15 is 0 Å². The lowest BCUT2D eigenvalue weighted by Crippen LogP contribution is -2.22. The van der Waals surface area contributed by atoms with Crippen LogP contribution in [-0.2, 0) is 24.4 Å². The minimum atomic E-state index is -4.82. The van der Waals surface area contributed by atoms with Crippen molar-refractivity contribution in [2.24, 2.45) is 5.10 Å². The van der Waals surface area contributed by atoms with Gasteiger partial charge in [-0.1, -0.05) is 0 Å². The quantitative estimate of drug-likeness (QED) is 0.422. The number of rotatable bonds is 5. The smallest absolute Gasteiger partial charge is 0.355 e. The van der Waals surface area contributed by atoms with Crippen LogP contribution < -0.4 is 5.01 Å². The van der Waals surface area contributed by atoms with E-state index in [1.54, 1.807) is 6.92 Å². The number of esters is 1. The molecule has 0 spiro atoms. The largest absolute Gasteiger partial charge is 0.461 e. The van der Waals surface area contributed by atoms with Gasteiger partial charge in [-0.15, -0.1) is 0 Å². The molecule has 1 aliphatic heterocycles. The maximum atomic E-state index is 12.1. The topological polar surface area (TPSA) is 174 Å². The van der Waals surface area contributed by atoms with Gasteiger partial charge < -0.3 is 18.4 Å². The van der Waals surface area contributed by atoms with Gasteiger partial charge in [-0.05, 0) is 25.1 Å². The fraction of sp³-hybridized carbons (Fsp3) is 0.250. The molecular weight excluding hydrogens is 380 g/mol. The number of carbonyl (C=O) groups is 2. The number of anilines is 1. The van der Waals surface area contributed by atoms with Crippen molar-refractivity contribution < 1.29 is 41.0 Å². The Bertz CT molecular complexity index is 858. The predicted molar refractivity (Wildman–Crippen MR) is 86.2 cm³/mol. The lowest BCUT2D eigenvalue weighted by molar-refractivity contribution is -0.135. The van der Waals surface area contributed by atoms with Crippen LogP contribution in [-0.4, -0.2) is 50.8 Å². The van der Waals surface area contributed by atoms with Crippen LogP contribution in [0.25, 0.3) is 0 Å². The van der Waals surface area contributed by atoms with Gasteiger partial charge in [0.1, 0.15) is 15.8 Å². The summed E-state index contributed by atoms with van der Waals surface area (Å²) in [7, 11) is -9.05. The van der Waals surface area contributed by atoms with E-state index in [1.807, 2.05) is 0 Å². The van der Waals surface area contributed by atoms with E-state index in [-0.39, 0.29) is 12.3 Å². The second kappa shape index (κ2) is 6.70. The third kappa shape index (κ3) is 4.15. The van der Waals surface area contributed by atoms with Crippen molar-refractivity contribution in [1.82, 2.24) is 0 Å². The highest BCUT2D eigenvalue weighted by molar-refractivity contribution is 8.19. The van der Waals surface area contributed by atoms with Crippen LogP contribution in [0.1, 0.15) is 13.3 Å². The van der Waals surface area contributed by atoms with Crippen LogP contribution in [0.4, 0.5) is 5.69 Å². The zero-order valence-corrected chi connectivity index (χ0v) is 14.3. The maximum absolute atomic E-state index is 12.1. The van der Waals surface area contributed by atoms with Crippen LogP contribution in [0.15, 0.2) is 33.1 Å². The summed E-state index contributed by atoms with van der Waals surface area (Å²) >= 11 is 0. The average Bonchev–Trinajstić information content (AvgIpc) is 2.87. The normalized spacial score (nSPS) is 16.0. The standard InChI is InChI=1S/C12H14N2O9S2/c1-2-23-12(16)8-6-11(15)14(13-8)9-5-7(24(17,18)19)3-4-10(9)25(20,21)22/h3-5,17-19H,2,6H2,1H3,(H,20,21,22).